The molecule has 26 heavy (non-hydrogen) atoms. The summed E-state index contributed by atoms with van der Waals surface area (Å²) in [4.78, 5) is 23.7. The van der Waals surface area contributed by atoms with Crippen molar-refractivity contribution in [2.24, 2.45) is 0 Å². The lowest BCUT2D eigenvalue weighted by molar-refractivity contribution is -0.124. The van der Waals surface area contributed by atoms with Crippen LogP contribution in [-0.2, 0) is 19.6 Å². The number of rotatable bonds is 6. The van der Waals surface area contributed by atoms with E-state index < -0.39 is 22.2 Å². The van der Waals surface area contributed by atoms with E-state index in [-0.39, 0.29) is 23.9 Å². The molecular formula is C16H22ClN3O5S. The van der Waals surface area contributed by atoms with Crippen LogP contribution in [0.3, 0.4) is 0 Å². The van der Waals surface area contributed by atoms with Crippen LogP contribution in [0.5, 0.6) is 0 Å². The van der Waals surface area contributed by atoms with Gasteiger partial charge in [0.1, 0.15) is 6.04 Å². The number of nitrogens with one attached hydrogen (secondary N) is 2. The number of amides is 2. The number of hydrogen-bond acceptors (Lipinski definition) is 5. The minimum Gasteiger partial charge on any atom is -0.453 e. The zero-order valence-corrected chi connectivity index (χ0v) is 16.0. The van der Waals surface area contributed by atoms with Gasteiger partial charge in [-0.05, 0) is 43.5 Å². The molecule has 2 N–H and O–H groups in total. The fourth-order valence-corrected chi connectivity index (χ4v) is 4.47. The maximum absolute atomic E-state index is 13.1. The van der Waals surface area contributed by atoms with Crippen molar-refractivity contribution in [3.8, 4) is 0 Å². The Kier molecular flexibility index (Phi) is 7.24. The Morgan fingerprint density at radius 1 is 1.35 bits per heavy atom. The number of hydrogen-bond donors (Lipinski definition) is 2. The number of benzene rings is 1. The molecule has 1 aromatic carbocycles. The van der Waals surface area contributed by atoms with Gasteiger partial charge in [0, 0.05) is 24.7 Å². The SMILES string of the molecule is COC(=O)NCCN(C1CCCCNC1=O)S(=O)(=O)c1ccc(Cl)cc1. The van der Waals surface area contributed by atoms with E-state index in [1.807, 2.05) is 0 Å². The lowest BCUT2D eigenvalue weighted by Gasteiger charge is -2.29. The number of halogens is 1. The summed E-state index contributed by atoms with van der Waals surface area (Å²) in [5.41, 5.74) is 0. The van der Waals surface area contributed by atoms with Gasteiger partial charge in [0.05, 0.1) is 12.0 Å². The third kappa shape index (κ3) is 5.09. The standard InChI is InChI=1S/C16H22ClN3O5S/c1-25-16(22)19-10-11-20(14-4-2-3-9-18-15(14)21)26(23,24)13-7-5-12(17)6-8-13/h5-8,14H,2-4,9-11H2,1H3,(H,18,21)(H,19,22). The normalized spacial score (nSPS) is 18.1. The smallest absolute Gasteiger partial charge is 0.406 e. The van der Waals surface area contributed by atoms with Crippen LogP contribution < -0.4 is 10.6 Å². The second-order valence-corrected chi connectivity index (χ2v) is 8.12. The highest BCUT2D eigenvalue weighted by Crippen LogP contribution is 2.23. The molecule has 1 aliphatic rings. The minimum absolute atomic E-state index is 0.0171. The first-order valence-corrected chi connectivity index (χ1v) is 10.0. The molecule has 0 spiro atoms. The molecule has 1 saturated heterocycles. The summed E-state index contributed by atoms with van der Waals surface area (Å²) in [6.45, 7) is 0.478. The molecule has 1 aromatic rings. The van der Waals surface area contributed by atoms with Gasteiger partial charge in [0.15, 0.2) is 0 Å². The quantitative estimate of drug-likeness (QED) is 0.746. The number of ether oxygens (including phenoxy) is 1. The average Bonchev–Trinajstić information content (AvgIpc) is 2.83. The van der Waals surface area contributed by atoms with E-state index in [4.69, 9.17) is 11.6 Å². The zero-order chi connectivity index (χ0) is 19.2. The Bertz CT molecular complexity index is 739. The highest BCUT2D eigenvalue weighted by molar-refractivity contribution is 7.89. The molecule has 8 nitrogen and oxygen atoms in total. The van der Waals surface area contributed by atoms with Crippen molar-refractivity contribution >= 4 is 33.6 Å². The molecule has 0 aliphatic carbocycles. The Morgan fingerprint density at radius 3 is 2.69 bits per heavy atom. The first kappa shape index (κ1) is 20.5. The summed E-state index contributed by atoms with van der Waals surface area (Å²) in [7, 11) is -2.73. The first-order valence-electron chi connectivity index (χ1n) is 8.23. The van der Waals surface area contributed by atoms with Gasteiger partial charge in [0.2, 0.25) is 15.9 Å². The largest absolute Gasteiger partial charge is 0.453 e. The predicted octanol–water partition coefficient (Wildman–Crippen LogP) is 1.36. The second-order valence-electron chi connectivity index (χ2n) is 5.79. The van der Waals surface area contributed by atoms with Crippen LogP contribution in [0, 0.1) is 0 Å². The number of carbonyl (C=O) groups is 2. The average molecular weight is 404 g/mol. The molecule has 0 radical (unpaired) electrons. The predicted molar refractivity (Wildman–Crippen MR) is 96.4 cm³/mol. The highest BCUT2D eigenvalue weighted by Gasteiger charge is 2.36. The molecule has 1 heterocycles. The summed E-state index contributed by atoms with van der Waals surface area (Å²) in [5.74, 6) is -0.335. The summed E-state index contributed by atoms with van der Waals surface area (Å²) in [6, 6.07) is 4.91. The Morgan fingerprint density at radius 2 is 2.04 bits per heavy atom. The third-order valence-corrected chi connectivity index (χ3v) is 6.24. The van der Waals surface area contributed by atoms with Crippen molar-refractivity contribution in [3.05, 3.63) is 29.3 Å². The van der Waals surface area contributed by atoms with E-state index in [0.717, 1.165) is 17.1 Å². The molecule has 1 fully saturated rings. The number of methoxy groups -OCH3 is 1. The van der Waals surface area contributed by atoms with Crippen molar-refractivity contribution < 1.29 is 22.7 Å². The van der Waals surface area contributed by atoms with Crippen molar-refractivity contribution in [1.82, 2.24) is 14.9 Å². The molecule has 2 amide bonds. The lowest BCUT2D eigenvalue weighted by atomic mass is 10.1. The molecule has 0 saturated carbocycles. The van der Waals surface area contributed by atoms with Crippen LogP contribution >= 0.6 is 11.6 Å². The summed E-state index contributed by atoms with van der Waals surface area (Å²) in [5, 5.41) is 5.60. The Hall–Kier alpha value is -1.84. The van der Waals surface area contributed by atoms with E-state index in [2.05, 4.69) is 15.4 Å². The molecule has 2 rings (SSSR count). The highest BCUT2D eigenvalue weighted by atomic mass is 35.5. The molecule has 1 aliphatic heterocycles. The fraction of sp³-hybridized carbons (Fsp3) is 0.500. The number of sulfonamides is 1. The van der Waals surface area contributed by atoms with E-state index >= 15 is 0 Å². The maximum atomic E-state index is 13.1. The molecule has 0 bridgehead atoms. The minimum atomic E-state index is -3.95. The molecule has 144 valence electrons. The molecule has 0 aromatic heterocycles. The lowest BCUT2D eigenvalue weighted by Crippen LogP contribution is -2.50. The van der Waals surface area contributed by atoms with Gasteiger partial charge in [-0.2, -0.15) is 4.31 Å². The van der Waals surface area contributed by atoms with E-state index in [1.54, 1.807) is 0 Å². The zero-order valence-electron chi connectivity index (χ0n) is 14.4. The number of alkyl carbamates (subject to hydrolysis) is 1. The van der Waals surface area contributed by atoms with E-state index in [1.165, 1.54) is 31.4 Å². The van der Waals surface area contributed by atoms with Crippen molar-refractivity contribution in [1.29, 1.82) is 0 Å². The molecule has 10 heteroatoms. The van der Waals surface area contributed by atoms with Crippen LogP contribution in [-0.4, -0.2) is 57.5 Å². The first-order chi connectivity index (χ1) is 12.4. The van der Waals surface area contributed by atoms with Gasteiger partial charge < -0.3 is 15.4 Å². The third-order valence-electron chi connectivity index (χ3n) is 4.06. The van der Waals surface area contributed by atoms with Crippen molar-refractivity contribution in [3.63, 3.8) is 0 Å². The van der Waals surface area contributed by atoms with Crippen LogP contribution in [0.1, 0.15) is 19.3 Å². The van der Waals surface area contributed by atoms with Crippen LogP contribution in [0.15, 0.2) is 29.2 Å². The molecule has 1 atom stereocenters. The van der Waals surface area contributed by atoms with Crippen molar-refractivity contribution in [2.45, 2.75) is 30.2 Å². The van der Waals surface area contributed by atoms with Gasteiger partial charge in [-0.15, -0.1) is 0 Å². The number of carbonyl (C=O) groups excluding carboxylic acids is 2. The Labute approximate surface area is 157 Å². The van der Waals surface area contributed by atoms with Gasteiger partial charge in [-0.3, -0.25) is 4.79 Å². The van der Waals surface area contributed by atoms with Crippen molar-refractivity contribution in [2.75, 3.05) is 26.7 Å². The topological polar surface area (TPSA) is 105 Å². The molecule has 1 unspecified atom stereocenters. The van der Waals surface area contributed by atoms with Crippen LogP contribution in [0.2, 0.25) is 5.02 Å². The van der Waals surface area contributed by atoms with Gasteiger partial charge in [0.25, 0.3) is 0 Å². The van der Waals surface area contributed by atoms with Gasteiger partial charge in [-0.1, -0.05) is 11.6 Å². The van der Waals surface area contributed by atoms with Crippen LogP contribution in [0.4, 0.5) is 4.79 Å². The fourth-order valence-electron chi connectivity index (χ4n) is 2.72. The Balaban J connectivity index is 2.30. The maximum Gasteiger partial charge on any atom is 0.406 e. The molecular weight excluding hydrogens is 382 g/mol. The summed E-state index contributed by atoms with van der Waals surface area (Å²) >= 11 is 5.84. The second kappa shape index (κ2) is 9.20. The van der Waals surface area contributed by atoms with E-state index in [9.17, 15) is 18.0 Å². The summed E-state index contributed by atoms with van der Waals surface area (Å²) in [6.07, 6.45) is 1.26. The van der Waals surface area contributed by atoms with Crippen LogP contribution in [0.25, 0.3) is 0 Å². The van der Waals surface area contributed by atoms with Gasteiger partial charge >= 0.3 is 6.09 Å². The number of nitrogens with zero attached hydrogens (tertiary/aromatic N) is 1. The van der Waals surface area contributed by atoms with E-state index in [0.29, 0.717) is 18.0 Å². The van der Waals surface area contributed by atoms with Gasteiger partial charge in [-0.25, -0.2) is 13.2 Å². The monoisotopic (exact) mass is 403 g/mol. The summed E-state index contributed by atoms with van der Waals surface area (Å²) < 4.78 is 31.8.